The second-order valence-corrected chi connectivity index (χ2v) is 9.21. The summed E-state index contributed by atoms with van der Waals surface area (Å²) in [5, 5.41) is 25.7. The summed E-state index contributed by atoms with van der Waals surface area (Å²) < 4.78 is 15.5. The van der Waals surface area contributed by atoms with Gasteiger partial charge in [-0.05, 0) is 42.8 Å². The number of anilines is 3. The molecule has 5 rings (SSSR count). The Kier molecular flexibility index (Phi) is 6.91. The molecule has 1 unspecified atom stereocenters. The topological polar surface area (TPSA) is 91.5 Å². The molecule has 2 heterocycles. The number of hydrogen-bond donors (Lipinski definition) is 2. The fraction of sp³-hybridized carbons (Fsp3) is 0.111. The number of nitrogens with zero attached hydrogens (tertiary/aromatic N) is 5. The summed E-state index contributed by atoms with van der Waals surface area (Å²) in [4.78, 5) is 4.36. The molecule has 0 fully saturated rings. The molecule has 7 nitrogen and oxygen atoms in total. The first-order chi connectivity index (χ1) is 17.9. The molecule has 2 aromatic heterocycles. The first kappa shape index (κ1) is 24.5. The Morgan fingerprint density at radius 1 is 1.05 bits per heavy atom. The van der Waals surface area contributed by atoms with E-state index in [-0.39, 0.29) is 11.1 Å². The summed E-state index contributed by atoms with van der Waals surface area (Å²) in [6.07, 6.45) is 3.34. The number of nitrogens with one attached hydrogen (secondary N) is 2. The third kappa shape index (κ3) is 5.19. The minimum Gasteiger partial charge on any atom is -0.379 e. The second kappa shape index (κ2) is 10.4. The van der Waals surface area contributed by atoms with Crippen LogP contribution in [0.5, 0.6) is 0 Å². The lowest BCUT2D eigenvalue weighted by Crippen LogP contribution is -2.07. The van der Waals surface area contributed by atoms with Gasteiger partial charge in [0, 0.05) is 23.0 Å². The molecular weight excluding hydrogens is 512 g/mol. The van der Waals surface area contributed by atoms with Crippen LogP contribution in [0.1, 0.15) is 29.8 Å². The van der Waals surface area contributed by atoms with E-state index in [4.69, 9.17) is 23.2 Å². The highest BCUT2D eigenvalue weighted by Gasteiger charge is 2.15. The van der Waals surface area contributed by atoms with E-state index in [0.29, 0.717) is 45.1 Å². The molecule has 37 heavy (non-hydrogen) atoms. The Bertz CT molecular complexity index is 1630. The number of rotatable bonds is 7. The van der Waals surface area contributed by atoms with Gasteiger partial charge in [0.15, 0.2) is 0 Å². The first-order valence-electron chi connectivity index (χ1n) is 11.4. The normalized spacial score (nSPS) is 11.8. The summed E-state index contributed by atoms with van der Waals surface area (Å²) in [5.74, 6) is -0.531. The van der Waals surface area contributed by atoms with Crippen molar-refractivity contribution in [2.24, 2.45) is 0 Å². The van der Waals surface area contributed by atoms with Crippen molar-refractivity contribution >= 4 is 51.2 Å². The minimum absolute atomic E-state index is 0.0307. The van der Waals surface area contributed by atoms with Crippen LogP contribution in [0.15, 0.2) is 73.1 Å². The van der Waals surface area contributed by atoms with E-state index in [1.165, 1.54) is 24.4 Å². The maximum atomic E-state index is 13.6. The van der Waals surface area contributed by atoms with E-state index in [1.807, 2.05) is 35.1 Å². The average molecular weight is 532 g/mol. The van der Waals surface area contributed by atoms with Gasteiger partial charge in [0.05, 0.1) is 45.6 Å². The van der Waals surface area contributed by atoms with E-state index in [9.17, 15) is 9.65 Å². The SMILES string of the molecule is CC(c1ccccc1)n1cc(CNc2cc(Cl)c3ncc(C#N)c(Nc4ccc(F)c(Cl)c4)c3c2)nn1. The number of nitriles is 1. The molecule has 3 aromatic carbocycles. The van der Waals surface area contributed by atoms with Crippen LogP contribution in [0, 0.1) is 17.1 Å². The molecule has 0 aliphatic rings. The molecule has 0 radical (unpaired) electrons. The Morgan fingerprint density at radius 2 is 1.84 bits per heavy atom. The van der Waals surface area contributed by atoms with Crippen LogP contribution in [-0.2, 0) is 6.54 Å². The molecule has 0 aliphatic carbocycles. The third-order valence-electron chi connectivity index (χ3n) is 5.94. The van der Waals surface area contributed by atoms with Crippen molar-refractivity contribution in [3.8, 4) is 6.07 Å². The van der Waals surface area contributed by atoms with Crippen molar-refractivity contribution in [2.75, 3.05) is 10.6 Å². The lowest BCUT2D eigenvalue weighted by molar-refractivity contribution is 0.543. The van der Waals surface area contributed by atoms with Crippen LogP contribution in [0.3, 0.4) is 0 Å². The number of hydrogen-bond acceptors (Lipinski definition) is 6. The molecule has 2 N–H and O–H groups in total. The predicted molar refractivity (Wildman–Crippen MR) is 144 cm³/mol. The summed E-state index contributed by atoms with van der Waals surface area (Å²) in [6, 6.07) is 20.1. The van der Waals surface area contributed by atoms with Crippen molar-refractivity contribution in [1.82, 2.24) is 20.0 Å². The van der Waals surface area contributed by atoms with Crippen molar-refractivity contribution in [3.63, 3.8) is 0 Å². The van der Waals surface area contributed by atoms with Gasteiger partial charge in [0.25, 0.3) is 0 Å². The molecule has 0 bridgehead atoms. The summed E-state index contributed by atoms with van der Waals surface area (Å²) in [5.41, 5.74) is 4.43. The molecule has 184 valence electrons. The van der Waals surface area contributed by atoms with E-state index >= 15 is 0 Å². The lowest BCUT2D eigenvalue weighted by atomic mass is 10.1. The van der Waals surface area contributed by atoms with Gasteiger partial charge in [-0.2, -0.15) is 5.26 Å². The highest BCUT2D eigenvalue weighted by molar-refractivity contribution is 6.36. The zero-order valence-electron chi connectivity index (χ0n) is 19.6. The van der Waals surface area contributed by atoms with Gasteiger partial charge in [-0.25, -0.2) is 9.07 Å². The third-order valence-corrected chi connectivity index (χ3v) is 6.52. The maximum Gasteiger partial charge on any atom is 0.141 e. The van der Waals surface area contributed by atoms with Gasteiger partial charge in [-0.1, -0.05) is 58.7 Å². The van der Waals surface area contributed by atoms with E-state index in [2.05, 4.69) is 51.1 Å². The highest BCUT2D eigenvalue weighted by Crippen LogP contribution is 2.35. The van der Waals surface area contributed by atoms with Crippen molar-refractivity contribution in [1.29, 1.82) is 5.26 Å². The smallest absolute Gasteiger partial charge is 0.141 e. The van der Waals surface area contributed by atoms with Crippen LogP contribution in [-0.4, -0.2) is 20.0 Å². The van der Waals surface area contributed by atoms with Crippen LogP contribution < -0.4 is 10.6 Å². The van der Waals surface area contributed by atoms with Gasteiger partial charge >= 0.3 is 0 Å². The summed E-state index contributed by atoms with van der Waals surface area (Å²) in [7, 11) is 0. The lowest BCUT2D eigenvalue weighted by Gasteiger charge is -2.14. The Hall–Kier alpha value is -4.19. The molecule has 0 saturated carbocycles. The number of halogens is 3. The number of aromatic nitrogens is 4. The maximum absolute atomic E-state index is 13.6. The molecule has 0 aliphatic heterocycles. The number of fused-ring (bicyclic) bond motifs is 1. The fourth-order valence-electron chi connectivity index (χ4n) is 3.96. The molecular formula is C27H20Cl2FN7. The molecule has 0 spiro atoms. The zero-order chi connectivity index (χ0) is 25.9. The van der Waals surface area contributed by atoms with Crippen molar-refractivity contribution in [3.05, 3.63) is 106 Å². The molecule has 0 amide bonds. The molecule has 1 atom stereocenters. The largest absolute Gasteiger partial charge is 0.379 e. The highest BCUT2D eigenvalue weighted by atomic mass is 35.5. The van der Waals surface area contributed by atoms with Gasteiger partial charge in [-0.15, -0.1) is 5.10 Å². The first-order valence-corrected chi connectivity index (χ1v) is 12.1. The van der Waals surface area contributed by atoms with Crippen LogP contribution in [0.25, 0.3) is 10.9 Å². The van der Waals surface area contributed by atoms with Crippen LogP contribution >= 0.6 is 23.2 Å². The van der Waals surface area contributed by atoms with Gasteiger partial charge in [0.1, 0.15) is 17.6 Å². The monoisotopic (exact) mass is 531 g/mol. The Labute approximate surface area is 222 Å². The molecule has 10 heteroatoms. The van der Waals surface area contributed by atoms with Gasteiger partial charge in [-0.3, -0.25) is 4.98 Å². The number of benzene rings is 3. The standard InChI is InChI=1S/C27H20Cl2FN7/c1-16(17-5-3-2-4-6-17)37-15-21(35-36-37)14-32-20-9-22-26(34-19-7-8-25(30)23(28)10-19)18(12-31)13-33-27(22)24(29)11-20/h2-11,13,15-16,32H,14H2,1H3,(H,33,34). The van der Waals surface area contributed by atoms with Gasteiger partial charge < -0.3 is 10.6 Å². The average Bonchev–Trinajstić information content (AvgIpc) is 3.39. The van der Waals surface area contributed by atoms with Crippen LogP contribution in [0.2, 0.25) is 10.0 Å². The molecule has 0 saturated heterocycles. The summed E-state index contributed by atoms with van der Waals surface area (Å²) >= 11 is 12.5. The van der Waals surface area contributed by atoms with Gasteiger partial charge in [0.2, 0.25) is 0 Å². The second-order valence-electron chi connectivity index (χ2n) is 8.40. The quantitative estimate of drug-likeness (QED) is 0.232. The van der Waals surface area contributed by atoms with E-state index in [0.717, 1.165) is 11.3 Å². The van der Waals surface area contributed by atoms with Crippen molar-refractivity contribution < 1.29 is 4.39 Å². The van der Waals surface area contributed by atoms with E-state index < -0.39 is 5.82 Å². The minimum atomic E-state index is -0.531. The molecule has 5 aromatic rings. The van der Waals surface area contributed by atoms with Crippen molar-refractivity contribution in [2.45, 2.75) is 19.5 Å². The van der Waals surface area contributed by atoms with Crippen LogP contribution in [0.4, 0.5) is 21.5 Å². The Morgan fingerprint density at radius 3 is 2.59 bits per heavy atom. The van der Waals surface area contributed by atoms with E-state index in [1.54, 1.807) is 6.07 Å². The zero-order valence-corrected chi connectivity index (χ0v) is 21.1. The Balaban J connectivity index is 1.42. The summed E-state index contributed by atoms with van der Waals surface area (Å²) in [6.45, 7) is 2.47. The predicted octanol–water partition coefficient (Wildman–Crippen LogP) is 7.11. The number of pyridine rings is 1. The fourth-order valence-corrected chi connectivity index (χ4v) is 4.41.